The molecule has 3 amide bonds. The first-order valence-corrected chi connectivity index (χ1v) is 10.3. The maximum Gasteiger partial charge on any atom is 0.332 e. The summed E-state index contributed by atoms with van der Waals surface area (Å²) in [4.78, 5) is 36.0. The van der Waals surface area contributed by atoms with Crippen molar-refractivity contribution in [1.82, 2.24) is 14.9 Å². The molecule has 4 rings (SSSR count). The molecule has 0 aliphatic carbocycles. The fourth-order valence-corrected chi connectivity index (χ4v) is 3.69. The second kappa shape index (κ2) is 8.90. The average molecular weight is 462 g/mol. The Morgan fingerprint density at radius 3 is 2.18 bits per heavy atom. The molecule has 7 nitrogen and oxygen atoms in total. The molecule has 0 unspecified atom stereocenters. The van der Waals surface area contributed by atoms with E-state index in [0.29, 0.717) is 16.0 Å². The van der Waals surface area contributed by atoms with Gasteiger partial charge in [0.2, 0.25) is 5.91 Å². The first-order valence-electron chi connectivity index (χ1n) is 10.3. The normalized spacial score (nSPS) is 17.9. The average Bonchev–Trinajstić information content (AvgIpc) is 2.83. The van der Waals surface area contributed by atoms with Crippen molar-refractivity contribution in [2.24, 2.45) is 0 Å². The Morgan fingerprint density at radius 1 is 1.00 bits per heavy atom. The molecule has 0 radical (unpaired) electrons. The van der Waals surface area contributed by atoms with E-state index in [1.165, 1.54) is 31.5 Å². The minimum absolute atomic E-state index is 0.0769. The number of amides is 3. The molecule has 3 aromatic rings. The summed E-state index contributed by atoms with van der Waals surface area (Å²) < 4.78 is 34.9. The van der Waals surface area contributed by atoms with Crippen LogP contribution in [0.15, 0.2) is 54.9 Å². The van der Waals surface area contributed by atoms with Crippen LogP contribution in [0, 0.1) is 23.5 Å². The lowest BCUT2D eigenvalue weighted by Gasteiger charge is -2.45. The van der Waals surface area contributed by atoms with E-state index in [1.807, 2.05) is 6.07 Å². The van der Waals surface area contributed by atoms with Crippen molar-refractivity contribution < 1.29 is 23.1 Å². The van der Waals surface area contributed by atoms with E-state index < -0.39 is 34.8 Å². The van der Waals surface area contributed by atoms with Crippen LogP contribution in [0.25, 0.3) is 0 Å². The predicted molar refractivity (Wildman–Crippen MR) is 120 cm³/mol. The molecule has 0 N–H and O–H groups in total. The minimum atomic E-state index is -1.12. The van der Waals surface area contributed by atoms with Gasteiger partial charge in [-0.15, -0.1) is 0 Å². The number of imide groups is 1. The number of benzene rings is 2. The molecule has 2 heterocycles. The standard InChI is InChI=1S/C25H20F2N4O3/c1-25(18-14-28-23(34-3)29-15-18)13-21(32)31(24(33)30(25)2)22-19(26)11-17(12-20(22)27)10-9-16-7-5-4-6-8-16/h4-8,11-12,14-15H,13H2,1-3H3/t25-/m0/s1. The van der Waals surface area contributed by atoms with Crippen LogP contribution in [0.5, 0.6) is 6.01 Å². The van der Waals surface area contributed by atoms with Crippen molar-refractivity contribution in [1.29, 1.82) is 0 Å². The van der Waals surface area contributed by atoms with Crippen molar-refractivity contribution in [3.05, 3.63) is 83.2 Å². The van der Waals surface area contributed by atoms with E-state index in [0.717, 1.165) is 12.1 Å². The van der Waals surface area contributed by atoms with E-state index in [-0.39, 0.29) is 18.0 Å². The Kier molecular flexibility index (Phi) is 5.99. The van der Waals surface area contributed by atoms with Crippen LogP contribution in [-0.4, -0.2) is 41.0 Å². The van der Waals surface area contributed by atoms with E-state index in [4.69, 9.17) is 4.74 Å². The Morgan fingerprint density at radius 2 is 1.59 bits per heavy atom. The Labute approximate surface area is 195 Å². The topological polar surface area (TPSA) is 75.6 Å². The summed E-state index contributed by atoms with van der Waals surface area (Å²) in [6.45, 7) is 1.65. The van der Waals surface area contributed by atoms with Gasteiger partial charge in [0.15, 0.2) is 11.6 Å². The lowest BCUT2D eigenvalue weighted by atomic mass is 9.86. The summed E-state index contributed by atoms with van der Waals surface area (Å²) in [5, 5.41) is 0. The minimum Gasteiger partial charge on any atom is -0.467 e. The second-order valence-corrected chi connectivity index (χ2v) is 7.88. The highest BCUT2D eigenvalue weighted by Gasteiger charge is 2.48. The summed E-state index contributed by atoms with van der Waals surface area (Å²) in [6.07, 6.45) is 2.65. The third kappa shape index (κ3) is 4.06. The van der Waals surface area contributed by atoms with Gasteiger partial charge in [0.25, 0.3) is 0 Å². The lowest BCUT2D eigenvalue weighted by Crippen LogP contribution is -2.60. The van der Waals surface area contributed by atoms with Gasteiger partial charge in [-0.1, -0.05) is 30.0 Å². The number of rotatable bonds is 3. The number of nitrogens with zero attached hydrogens (tertiary/aromatic N) is 4. The molecule has 1 aromatic heterocycles. The van der Waals surface area contributed by atoms with Crippen LogP contribution in [-0.2, 0) is 10.3 Å². The molecule has 1 aliphatic rings. The maximum atomic E-state index is 15.0. The van der Waals surface area contributed by atoms with Crippen molar-refractivity contribution in [2.45, 2.75) is 18.9 Å². The number of ether oxygens (including phenoxy) is 1. The number of hydrogen-bond acceptors (Lipinski definition) is 5. The molecule has 2 aromatic carbocycles. The highest BCUT2D eigenvalue weighted by molar-refractivity contribution is 6.16. The fourth-order valence-electron chi connectivity index (χ4n) is 3.69. The highest BCUT2D eigenvalue weighted by Crippen LogP contribution is 2.38. The Balaban J connectivity index is 1.66. The highest BCUT2D eigenvalue weighted by atomic mass is 19.1. The van der Waals surface area contributed by atoms with Crippen molar-refractivity contribution in [3.8, 4) is 17.9 Å². The number of aromatic nitrogens is 2. The number of urea groups is 1. The zero-order valence-corrected chi connectivity index (χ0v) is 18.7. The molecule has 9 heteroatoms. The summed E-state index contributed by atoms with van der Waals surface area (Å²) in [5.41, 5.74) is -0.625. The largest absolute Gasteiger partial charge is 0.467 e. The monoisotopic (exact) mass is 462 g/mol. The molecule has 1 aliphatic heterocycles. The van der Waals surface area contributed by atoms with Gasteiger partial charge in [-0.2, -0.15) is 0 Å². The second-order valence-electron chi connectivity index (χ2n) is 7.88. The number of hydrogen-bond donors (Lipinski definition) is 0. The third-order valence-electron chi connectivity index (χ3n) is 5.76. The van der Waals surface area contributed by atoms with E-state index in [2.05, 4.69) is 21.8 Å². The molecule has 1 saturated heterocycles. The van der Waals surface area contributed by atoms with Gasteiger partial charge in [-0.25, -0.2) is 28.4 Å². The molecule has 1 atom stereocenters. The fraction of sp³-hybridized carbons (Fsp3) is 0.200. The molecule has 0 spiro atoms. The lowest BCUT2D eigenvalue weighted by molar-refractivity contribution is -0.122. The van der Waals surface area contributed by atoms with Gasteiger partial charge in [0.1, 0.15) is 5.69 Å². The van der Waals surface area contributed by atoms with Crippen LogP contribution >= 0.6 is 0 Å². The Bertz CT molecular complexity index is 1300. The maximum absolute atomic E-state index is 15.0. The van der Waals surface area contributed by atoms with Crippen LogP contribution in [0.2, 0.25) is 0 Å². The molecule has 34 heavy (non-hydrogen) atoms. The summed E-state index contributed by atoms with van der Waals surface area (Å²) in [7, 11) is 2.86. The molecular formula is C25H20F2N4O3. The first-order chi connectivity index (χ1) is 16.2. The Hall–Kier alpha value is -4.32. The third-order valence-corrected chi connectivity index (χ3v) is 5.76. The van der Waals surface area contributed by atoms with E-state index in [1.54, 1.807) is 31.2 Å². The van der Waals surface area contributed by atoms with Gasteiger partial charge in [-0.3, -0.25) is 4.79 Å². The number of methoxy groups -OCH3 is 1. The predicted octanol–water partition coefficient (Wildman–Crippen LogP) is 3.87. The van der Waals surface area contributed by atoms with Crippen LogP contribution in [0.3, 0.4) is 0 Å². The number of carbonyl (C=O) groups excluding carboxylic acids is 2. The SMILES string of the molecule is COc1ncc([C@]2(C)CC(=O)N(c3c(F)cc(C#Cc4ccccc4)cc3F)C(=O)N2C)cn1. The number of anilines is 1. The molecule has 1 fully saturated rings. The van der Waals surface area contributed by atoms with Crippen molar-refractivity contribution in [2.75, 3.05) is 19.1 Å². The number of carbonyl (C=O) groups is 2. The van der Waals surface area contributed by atoms with Gasteiger partial charge >= 0.3 is 12.0 Å². The zero-order valence-electron chi connectivity index (χ0n) is 18.7. The molecule has 0 bridgehead atoms. The summed E-state index contributed by atoms with van der Waals surface area (Å²) in [5.74, 6) is 2.62. The molecule has 0 saturated carbocycles. The zero-order chi connectivity index (χ0) is 24.5. The first kappa shape index (κ1) is 22.9. The van der Waals surface area contributed by atoms with Crippen LogP contribution in [0.4, 0.5) is 19.3 Å². The summed E-state index contributed by atoms with van der Waals surface area (Å²) in [6, 6.07) is 10.2. The van der Waals surface area contributed by atoms with Crippen molar-refractivity contribution in [3.63, 3.8) is 0 Å². The van der Waals surface area contributed by atoms with Gasteiger partial charge in [-0.05, 0) is 31.2 Å². The van der Waals surface area contributed by atoms with Crippen molar-refractivity contribution >= 4 is 17.6 Å². The number of halogens is 2. The summed E-state index contributed by atoms with van der Waals surface area (Å²) >= 11 is 0. The quantitative estimate of drug-likeness (QED) is 0.553. The molecular weight excluding hydrogens is 442 g/mol. The van der Waals surface area contributed by atoms with E-state index in [9.17, 15) is 18.4 Å². The van der Waals surface area contributed by atoms with Crippen LogP contribution in [0.1, 0.15) is 30.0 Å². The van der Waals surface area contributed by atoms with Gasteiger partial charge in [0, 0.05) is 36.1 Å². The molecule has 172 valence electrons. The smallest absolute Gasteiger partial charge is 0.332 e. The van der Waals surface area contributed by atoms with Gasteiger partial charge in [0.05, 0.1) is 19.1 Å². The van der Waals surface area contributed by atoms with Gasteiger partial charge < -0.3 is 9.64 Å². The van der Waals surface area contributed by atoms with E-state index >= 15 is 0 Å². The van der Waals surface area contributed by atoms with Crippen LogP contribution < -0.4 is 9.64 Å².